The Morgan fingerprint density at radius 2 is 1.89 bits per heavy atom. The van der Waals surface area contributed by atoms with Gasteiger partial charge in [0.05, 0.1) is 11.1 Å². The van der Waals surface area contributed by atoms with E-state index in [2.05, 4.69) is 4.74 Å². The zero-order valence-electron chi connectivity index (χ0n) is 10.1. The van der Waals surface area contributed by atoms with E-state index >= 15 is 0 Å². The smallest absolute Gasteiger partial charge is 0.416 e. The van der Waals surface area contributed by atoms with Gasteiger partial charge >= 0.3 is 12.8 Å². The molecule has 19 heavy (non-hydrogen) atoms. The molecule has 0 aliphatic rings. The van der Waals surface area contributed by atoms with E-state index in [0.29, 0.717) is 6.07 Å². The van der Waals surface area contributed by atoms with Crippen molar-refractivity contribution in [2.45, 2.75) is 33.1 Å². The van der Waals surface area contributed by atoms with Crippen LogP contribution in [0.5, 0.6) is 5.75 Å². The lowest BCUT2D eigenvalue weighted by molar-refractivity contribution is -0.138. The van der Waals surface area contributed by atoms with Gasteiger partial charge in [0.15, 0.2) is 5.78 Å². The van der Waals surface area contributed by atoms with Crippen molar-refractivity contribution in [3.63, 3.8) is 0 Å². The first-order chi connectivity index (χ1) is 8.68. The van der Waals surface area contributed by atoms with E-state index in [4.69, 9.17) is 0 Å². The molecule has 106 valence electrons. The summed E-state index contributed by atoms with van der Waals surface area (Å²) in [5.41, 5.74) is -1.80. The minimum Gasteiger partial charge on any atom is -0.434 e. The van der Waals surface area contributed by atoms with E-state index in [0.717, 1.165) is 13.0 Å². The van der Waals surface area contributed by atoms with Crippen LogP contribution in [0.4, 0.5) is 22.0 Å². The maximum atomic E-state index is 12.8. The number of Topliss-reactive ketones (excluding diaryl/α,β-unsaturated/α-hetero) is 1. The number of rotatable bonds is 4. The van der Waals surface area contributed by atoms with Crippen LogP contribution < -0.4 is 4.74 Å². The average molecular weight is 282 g/mol. The maximum Gasteiger partial charge on any atom is 0.416 e. The number of halogens is 5. The SMILES string of the molecule is CCc1c(C(F)(F)F)ccc(C(C)=O)c1OC(F)F. The number of hydrogen-bond acceptors (Lipinski definition) is 2. The number of ether oxygens (including phenoxy) is 1. The van der Waals surface area contributed by atoms with Crippen molar-refractivity contribution in [1.82, 2.24) is 0 Å². The van der Waals surface area contributed by atoms with Gasteiger partial charge < -0.3 is 4.74 Å². The largest absolute Gasteiger partial charge is 0.434 e. The monoisotopic (exact) mass is 282 g/mol. The summed E-state index contributed by atoms with van der Waals surface area (Å²) in [7, 11) is 0. The Morgan fingerprint density at radius 3 is 2.26 bits per heavy atom. The fourth-order valence-corrected chi connectivity index (χ4v) is 1.75. The fraction of sp³-hybridized carbons (Fsp3) is 0.417. The van der Waals surface area contributed by atoms with Crippen molar-refractivity contribution in [2.24, 2.45) is 0 Å². The third-order valence-electron chi connectivity index (χ3n) is 2.51. The lowest BCUT2D eigenvalue weighted by Crippen LogP contribution is -2.15. The highest BCUT2D eigenvalue weighted by Gasteiger charge is 2.35. The minimum atomic E-state index is -4.69. The molecule has 0 fully saturated rings. The number of carbonyl (C=O) groups excluding carboxylic acids is 1. The number of benzene rings is 1. The van der Waals surface area contributed by atoms with Crippen LogP contribution in [0.25, 0.3) is 0 Å². The normalized spacial score (nSPS) is 11.8. The molecule has 1 rings (SSSR count). The summed E-state index contributed by atoms with van der Waals surface area (Å²) in [5.74, 6) is -1.33. The van der Waals surface area contributed by atoms with Gasteiger partial charge in [0.1, 0.15) is 5.75 Å². The van der Waals surface area contributed by atoms with Gasteiger partial charge in [-0.25, -0.2) is 0 Å². The second-order valence-corrected chi connectivity index (χ2v) is 3.75. The Hall–Kier alpha value is -1.66. The highest BCUT2D eigenvalue weighted by Crippen LogP contribution is 2.38. The van der Waals surface area contributed by atoms with Gasteiger partial charge in [0, 0.05) is 5.56 Å². The third kappa shape index (κ3) is 3.42. The van der Waals surface area contributed by atoms with E-state index < -0.39 is 35.4 Å². The second kappa shape index (κ2) is 5.54. The summed E-state index contributed by atoms with van der Waals surface area (Å²) in [6.45, 7) is -0.861. The summed E-state index contributed by atoms with van der Waals surface area (Å²) < 4.78 is 67.0. The molecule has 2 nitrogen and oxygen atoms in total. The standard InChI is InChI=1S/C12H11F5O2/c1-3-7-9(12(15,16)17)5-4-8(6(2)18)10(7)19-11(13)14/h4-5,11H,3H2,1-2H3. The van der Waals surface area contributed by atoms with Crippen LogP contribution >= 0.6 is 0 Å². The van der Waals surface area contributed by atoms with Crippen molar-refractivity contribution in [3.8, 4) is 5.75 Å². The zero-order chi connectivity index (χ0) is 14.8. The van der Waals surface area contributed by atoms with Gasteiger partial charge in [0.2, 0.25) is 0 Å². The van der Waals surface area contributed by atoms with Crippen LogP contribution in [0.15, 0.2) is 12.1 Å². The van der Waals surface area contributed by atoms with Crippen molar-refractivity contribution in [1.29, 1.82) is 0 Å². The quantitative estimate of drug-likeness (QED) is 0.614. The van der Waals surface area contributed by atoms with Crippen LogP contribution in [0.1, 0.15) is 35.3 Å². The lowest BCUT2D eigenvalue weighted by atomic mass is 9.98. The molecular formula is C12H11F5O2. The predicted octanol–water partition coefficient (Wildman–Crippen LogP) is 4.07. The van der Waals surface area contributed by atoms with E-state index in [-0.39, 0.29) is 12.0 Å². The van der Waals surface area contributed by atoms with Crippen molar-refractivity contribution in [2.75, 3.05) is 0 Å². The van der Waals surface area contributed by atoms with Gasteiger partial charge in [-0.3, -0.25) is 4.79 Å². The molecule has 0 unspecified atom stereocenters. The average Bonchev–Trinajstić information content (AvgIpc) is 2.25. The minimum absolute atomic E-state index is 0.183. The molecule has 0 atom stereocenters. The molecule has 0 aliphatic heterocycles. The summed E-state index contributed by atoms with van der Waals surface area (Å²) in [5, 5.41) is 0. The molecule has 0 saturated carbocycles. The van der Waals surface area contributed by atoms with Crippen LogP contribution in [-0.4, -0.2) is 12.4 Å². The van der Waals surface area contributed by atoms with Gasteiger partial charge in [-0.2, -0.15) is 22.0 Å². The van der Waals surface area contributed by atoms with E-state index in [1.54, 1.807) is 0 Å². The molecular weight excluding hydrogens is 271 g/mol. The van der Waals surface area contributed by atoms with Gasteiger partial charge in [-0.1, -0.05) is 6.92 Å². The van der Waals surface area contributed by atoms with E-state index in [1.165, 1.54) is 6.92 Å². The highest BCUT2D eigenvalue weighted by atomic mass is 19.4. The van der Waals surface area contributed by atoms with Gasteiger partial charge in [0.25, 0.3) is 0 Å². The van der Waals surface area contributed by atoms with Gasteiger partial charge in [-0.15, -0.1) is 0 Å². The molecule has 0 saturated heterocycles. The van der Waals surface area contributed by atoms with Crippen molar-refractivity contribution in [3.05, 3.63) is 28.8 Å². The van der Waals surface area contributed by atoms with Crippen LogP contribution in [0.2, 0.25) is 0 Å². The molecule has 0 heterocycles. The predicted molar refractivity (Wildman–Crippen MR) is 57.5 cm³/mol. The Labute approximate surface area is 106 Å². The molecule has 1 aromatic carbocycles. The molecule has 0 amide bonds. The van der Waals surface area contributed by atoms with Crippen LogP contribution in [-0.2, 0) is 12.6 Å². The molecule has 0 aromatic heterocycles. The van der Waals surface area contributed by atoms with E-state index in [1.807, 2.05) is 0 Å². The summed E-state index contributed by atoms with van der Waals surface area (Å²) >= 11 is 0. The topological polar surface area (TPSA) is 26.3 Å². The number of hydrogen-bond donors (Lipinski definition) is 0. The Bertz CT molecular complexity index is 480. The molecule has 0 radical (unpaired) electrons. The second-order valence-electron chi connectivity index (χ2n) is 3.75. The summed E-state index contributed by atoms with van der Waals surface area (Å²) in [6, 6.07) is 1.55. The molecule has 0 N–H and O–H groups in total. The van der Waals surface area contributed by atoms with Crippen molar-refractivity contribution < 1.29 is 31.5 Å². The van der Waals surface area contributed by atoms with Crippen LogP contribution in [0, 0.1) is 0 Å². The van der Waals surface area contributed by atoms with E-state index in [9.17, 15) is 26.7 Å². The first-order valence-electron chi connectivity index (χ1n) is 5.37. The molecule has 1 aromatic rings. The third-order valence-corrected chi connectivity index (χ3v) is 2.51. The number of carbonyl (C=O) groups is 1. The first-order valence-corrected chi connectivity index (χ1v) is 5.37. The van der Waals surface area contributed by atoms with Crippen LogP contribution in [0.3, 0.4) is 0 Å². The first kappa shape index (κ1) is 15.4. The zero-order valence-corrected chi connectivity index (χ0v) is 10.1. The maximum absolute atomic E-state index is 12.8. The molecule has 0 aliphatic carbocycles. The molecule has 7 heteroatoms. The Morgan fingerprint density at radius 1 is 1.32 bits per heavy atom. The molecule has 0 bridgehead atoms. The number of ketones is 1. The summed E-state index contributed by atoms with van der Waals surface area (Å²) in [6.07, 6.45) is -4.88. The fourth-order valence-electron chi connectivity index (χ4n) is 1.75. The summed E-state index contributed by atoms with van der Waals surface area (Å²) in [4.78, 5) is 11.3. The van der Waals surface area contributed by atoms with Crippen molar-refractivity contribution >= 4 is 5.78 Å². The Kier molecular flexibility index (Phi) is 4.49. The lowest BCUT2D eigenvalue weighted by Gasteiger charge is -2.18. The number of alkyl halides is 5. The molecule has 0 spiro atoms. The van der Waals surface area contributed by atoms with Gasteiger partial charge in [-0.05, 0) is 25.5 Å². The Balaban J connectivity index is 3.54. The highest BCUT2D eigenvalue weighted by molar-refractivity contribution is 5.97.